The summed E-state index contributed by atoms with van der Waals surface area (Å²) >= 11 is 0. The number of anilines is 1. The van der Waals surface area contributed by atoms with E-state index in [1.165, 1.54) is 6.07 Å². The van der Waals surface area contributed by atoms with Crippen molar-refractivity contribution in [3.05, 3.63) is 47.5 Å². The summed E-state index contributed by atoms with van der Waals surface area (Å²) in [5, 5.41) is 10.1. The van der Waals surface area contributed by atoms with Crippen LogP contribution in [0.15, 0.2) is 36.4 Å². The fourth-order valence-corrected chi connectivity index (χ4v) is 5.94. The summed E-state index contributed by atoms with van der Waals surface area (Å²) in [7, 11) is -1.52. The number of aliphatic hydroxyl groups excluding tert-OH is 1. The van der Waals surface area contributed by atoms with E-state index in [0.29, 0.717) is 32.0 Å². The van der Waals surface area contributed by atoms with Gasteiger partial charge in [-0.3, -0.25) is 14.4 Å². The molecule has 12 heteroatoms. The Balaban J connectivity index is 1.59. The number of nitrogens with one attached hydrogen (secondary N) is 1. The second-order valence-electron chi connectivity index (χ2n) is 11.8. The van der Waals surface area contributed by atoms with E-state index in [4.69, 9.17) is 18.9 Å². The summed E-state index contributed by atoms with van der Waals surface area (Å²) in [6, 6.07) is 10.2. The second-order valence-corrected chi connectivity index (χ2v) is 13.5. The molecule has 43 heavy (non-hydrogen) atoms. The Bertz CT molecular complexity index is 1350. The summed E-state index contributed by atoms with van der Waals surface area (Å²) in [6.45, 7) is 8.00. The summed E-state index contributed by atoms with van der Waals surface area (Å²) < 4.78 is 49.9. The van der Waals surface area contributed by atoms with E-state index < -0.39 is 16.1 Å². The molecule has 11 nitrogen and oxygen atoms in total. The van der Waals surface area contributed by atoms with Crippen molar-refractivity contribution in [1.82, 2.24) is 9.80 Å². The van der Waals surface area contributed by atoms with Crippen LogP contribution >= 0.6 is 0 Å². The molecular formula is C31H45N3O8S. The summed E-state index contributed by atoms with van der Waals surface area (Å²) in [5.74, 6) is 1.44. The number of sulfonamides is 1. The Hall–Kier alpha value is -3.06. The van der Waals surface area contributed by atoms with Gasteiger partial charge in [-0.2, -0.15) is 0 Å². The van der Waals surface area contributed by atoms with Gasteiger partial charge in [-0.15, -0.1) is 0 Å². The number of benzene rings is 2. The maximum Gasteiger partial charge on any atom is 0.258 e. The molecule has 238 valence electrons. The lowest BCUT2D eigenvalue weighted by atomic mass is 10.0. The highest BCUT2D eigenvalue weighted by molar-refractivity contribution is 7.92. The highest BCUT2D eigenvalue weighted by Gasteiger charge is 2.30. The average Bonchev–Trinajstić information content (AvgIpc) is 3.41. The fraction of sp³-hybridized carbons (Fsp3) is 0.581. The van der Waals surface area contributed by atoms with Gasteiger partial charge in [-0.05, 0) is 76.1 Å². The third-order valence-corrected chi connectivity index (χ3v) is 8.34. The van der Waals surface area contributed by atoms with Crippen LogP contribution in [0.25, 0.3) is 0 Å². The quantitative estimate of drug-likeness (QED) is 0.455. The molecule has 2 aromatic rings. The van der Waals surface area contributed by atoms with E-state index >= 15 is 0 Å². The van der Waals surface area contributed by atoms with Crippen LogP contribution in [0.5, 0.6) is 17.2 Å². The van der Waals surface area contributed by atoms with Crippen LogP contribution in [-0.2, 0) is 21.3 Å². The van der Waals surface area contributed by atoms with Crippen LogP contribution in [0.1, 0.15) is 56.0 Å². The van der Waals surface area contributed by atoms with Crippen LogP contribution in [0.2, 0.25) is 0 Å². The molecule has 4 atom stereocenters. The number of aliphatic hydroxyl groups is 1. The van der Waals surface area contributed by atoms with Gasteiger partial charge in [0.2, 0.25) is 16.8 Å². The number of hydrogen-bond acceptors (Lipinski definition) is 9. The first-order valence-corrected chi connectivity index (χ1v) is 16.7. The van der Waals surface area contributed by atoms with Crippen molar-refractivity contribution < 1.29 is 37.3 Å². The maximum absolute atomic E-state index is 14.1. The smallest absolute Gasteiger partial charge is 0.258 e. The van der Waals surface area contributed by atoms with Gasteiger partial charge in [-0.25, -0.2) is 8.42 Å². The van der Waals surface area contributed by atoms with Crippen molar-refractivity contribution in [2.24, 2.45) is 5.92 Å². The molecule has 0 radical (unpaired) electrons. The number of fused-ring (bicyclic) bond motifs is 2. The SMILES string of the molecule is C[C@H]1CCCCO[C@@H](CN(C)Cc2ccc3c(c2)OCO3)[C@@H](C)CN([C@@H](C)CO)C(=O)c2cc(NS(C)(=O)=O)ccc2O1. The van der Waals surface area contributed by atoms with E-state index in [-0.39, 0.29) is 48.7 Å². The molecule has 0 spiro atoms. The first kappa shape index (κ1) is 32.8. The summed E-state index contributed by atoms with van der Waals surface area (Å²) in [6.07, 6.45) is 3.22. The monoisotopic (exact) mass is 619 g/mol. The Morgan fingerprint density at radius 1 is 1.09 bits per heavy atom. The molecule has 0 aliphatic carbocycles. The number of hydrogen-bond donors (Lipinski definition) is 2. The van der Waals surface area contributed by atoms with Gasteiger partial charge in [0.15, 0.2) is 11.5 Å². The average molecular weight is 620 g/mol. The molecule has 0 saturated carbocycles. The maximum atomic E-state index is 14.1. The Morgan fingerprint density at radius 3 is 2.58 bits per heavy atom. The normalized spacial score (nSPS) is 22.4. The van der Waals surface area contributed by atoms with Crippen molar-refractivity contribution in [3.63, 3.8) is 0 Å². The molecule has 2 aliphatic heterocycles. The third kappa shape index (κ3) is 9.21. The number of likely N-dealkylation sites (N-methyl/N-ethyl adjacent to an activating group) is 1. The minimum Gasteiger partial charge on any atom is -0.490 e. The van der Waals surface area contributed by atoms with Crippen LogP contribution in [0.4, 0.5) is 5.69 Å². The molecule has 0 fully saturated rings. The highest BCUT2D eigenvalue weighted by atomic mass is 32.2. The predicted octanol–water partition coefficient (Wildman–Crippen LogP) is 3.71. The molecule has 1 amide bonds. The Morgan fingerprint density at radius 2 is 1.84 bits per heavy atom. The van der Waals surface area contributed by atoms with Crippen molar-refractivity contribution >= 4 is 21.6 Å². The van der Waals surface area contributed by atoms with E-state index in [1.54, 1.807) is 24.0 Å². The lowest BCUT2D eigenvalue weighted by Gasteiger charge is -2.36. The molecular weight excluding hydrogens is 574 g/mol. The highest BCUT2D eigenvalue weighted by Crippen LogP contribution is 2.33. The summed E-state index contributed by atoms with van der Waals surface area (Å²) in [4.78, 5) is 17.9. The van der Waals surface area contributed by atoms with Crippen molar-refractivity contribution in [2.75, 3.05) is 51.1 Å². The van der Waals surface area contributed by atoms with Gasteiger partial charge in [-0.1, -0.05) is 13.0 Å². The lowest BCUT2D eigenvalue weighted by molar-refractivity contribution is -0.0177. The topological polar surface area (TPSA) is 127 Å². The molecule has 0 bridgehead atoms. The molecule has 2 aromatic carbocycles. The van der Waals surface area contributed by atoms with E-state index in [0.717, 1.165) is 42.6 Å². The first-order valence-electron chi connectivity index (χ1n) is 14.8. The second kappa shape index (κ2) is 14.6. The number of carbonyl (C=O) groups excluding carboxylic acids is 1. The van der Waals surface area contributed by atoms with Crippen molar-refractivity contribution in [2.45, 2.75) is 64.8 Å². The van der Waals surface area contributed by atoms with E-state index in [9.17, 15) is 18.3 Å². The van der Waals surface area contributed by atoms with Gasteiger partial charge >= 0.3 is 0 Å². The molecule has 2 heterocycles. The van der Waals surface area contributed by atoms with Crippen LogP contribution in [0, 0.1) is 5.92 Å². The van der Waals surface area contributed by atoms with Crippen molar-refractivity contribution in [1.29, 1.82) is 0 Å². The van der Waals surface area contributed by atoms with Gasteiger partial charge in [0.1, 0.15) is 5.75 Å². The van der Waals surface area contributed by atoms with Gasteiger partial charge < -0.3 is 29.0 Å². The van der Waals surface area contributed by atoms with E-state index in [1.807, 2.05) is 32.2 Å². The van der Waals surface area contributed by atoms with Gasteiger partial charge in [0, 0.05) is 37.8 Å². The first-order chi connectivity index (χ1) is 20.4. The zero-order chi connectivity index (χ0) is 31.1. The third-order valence-electron chi connectivity index (χ3n) is 7.74. The van der Waals surface area contributed by atoms with E-state index in [2.05, 4.69) is 16.5 Å². The minimum absolute atomic E-state index is 0.0827. The van der Waals surface area contributed by atoms with Gasteiger partial charge in [0.05, 0.1) is 36.7 Å². The van der Waals surface area contributed by atoms with Crippen LogP contribution < -0.4 is 18.9 Å². The molecule has 4 rings (SSSR count). The largest absolute Gasteiger partial charge is 0.490 e. The van der Waals surface area contributed by atoms with Crippen LogP contribution in [0.3, 0.4) is 0 Å². The fourth-order valence-electron chi connectivity index (χ4n) is 5.39. The summed E-state index contributed by atoms with van der Waals surface area (Å²) in [5.41, 5.74) is 1.60. The zero-order valence-corrected chi connectivity index (χ0v) is 26.6. The van der Waals surface area contributed by atoms with Gasteiger partial charge in [0.25, 0.3) is 5.91 Å². The Labute approximate surface area is 255 Å². The molecule has 2 N–H and O–H groups in total. The number of ether oxygens (including phenoxy) is 4. The standard InChI is InChI=1S/C31H45N3O8S/c1-21-16-34(22(2)19-35)31(36)26-15-25(32-43(5,37)38)10-12-27(26)42-23(3)8-6-7-13-39-30(21)18-33(4)17-24-9-11-28-29(14-24)41-20-40-28/h9-12,14-15,21-23,30,32,35H,6-8,13,16-20H2,1-5H3/t21-,22-,23-,30-/m0/s1. The number of nitrogens with zero attached hydrogens (tertiary/aromatic N) is 2. The molecule has 0 unspecified atom stereocenters. The number of rotatable bonds is 8. The molecule has 2 aliphatic rings. The van der Waals surface area contributed by atoms with Crippen molar-refractivity contribution in [3.8, 4) is 17.2 Å². The number of carbonyl (C=O) groups is 1. The van der Waals surface area contributed by atoms with Crippen LogP contribution in [-0.4, -0.2) is 93.9 Å². The molecule has 0 aromatic heterocycles. The zero-order valence-electron chi connectivity index (χ0n) is 25.7. The molecule has 0 saturated heterocycles. The number of amides is 1. The minimum atomic E-state index is -3.56. The predicted molar refractivity (Wildman–Crippen MR) is 164 cm³/mol. The lowest BCUT2D eigenvalue weighted by Crippen LogP contribution is -2.47. The Kier molecular flexibility index (Phi) is 11.2.